The van der Waals surface area contributed by atoms with E-state index in [0.717, 1.165) is 135 Å². The minimum atomic E-state index is 0.843. The zero-order valence-electron chi connectivity index (χ0n) is 73.7. The molecule has 640 valence electrons. The maximum Gasteiger partial charge on any atom is 0.159 e. The van der Waals surface area contributed by atoms with Gasteiger partial charge in [-0.3, -0.25) is 0 Å². The lowest BCUT2D eigenvalue weighted by Gasteiger charge is -2.29. The second kappa shape index (κ2) is 36.9. The summed E-state index contributed by atoms with van der Waals surface area (Å²) in [6, 6.07) is 191. The van der Waals surface area contributed by atoms with E-state index in [2.05, 4.69) is 557 Å². The maximum atomic E-state index is 6.75. The molecule has 3 aromatic heterocycles. The van der Waals surface area contributed by atoms with Crippen molar-refractivity contribution in [2.24, 2.45) is 0 Å². The minimum Gasteiger partial charge on any atom is -0.454 e. The monoisotopic (exact) mass is 1760 g/mol. The first kappa shape index (κ1) is 82.1. The average Bonchev–Trinajstić information content (AvgIpc) is 1.63. The molecule has 0 aliphatic heterocycles. The predicted octanol–water partition coefficient (Wildman–Crippen LogP) is 37.5. The topological polar surface area (TPSA) is 32.6 Å². The molecule has 0 spiro atoms. The summed E-state index contributed by atoms with van der Waals surface area (Å²) in [6.07, 6.45) is 0. The van der Waals surface area contributed by atoms with Crippen LogP contribution in [0.3, 0.4) is 0 Å². The predicted molar refractivity (Wildman–Crippen MR) is 576 cm³/mol. The SMILES string of the molecule is c1ccc(N(c2ccccc2)c2ccc(-c3ccc4sc5ccc(-c6ccc(N(c7ccccc7)c7cccc(N(c8ccccc8)c8ccccc8)c7)cc6)cc5c4c3)cc2)cc1.c1ccc(N(c2ccccc2)c2cccc(-c3ccc4sc5cc(-c6cccc(N(c7cccc(N(c8ccccc8)c8ccccc8)c7)c7cccc8c7oc7ccccc78)c6)ccc5c4c3)c2)cc1. The van der Waals surface area contributed by atoms with E-state index in [1.165, 1.54) is 73.7 Å². The van der Waals surface area contributed by atoms with Crippen LogP contribution in [0.4, 0.5) is 102 Å². The lowest BCUT2D eigenvalue weighted by molar-refractivity contribution is 0.669. The molecule has 0 saturated carbocycles. The number of para-hydroxylation sites is 11. The molecule has 0 unspecified atom stereocenters. The highest BCUT2D eigenvalue weighted by atomic mass is 32.1. The Bertz CT molecular complexity index is 8140. The summed E-state index contributed by atoms with van der Waals surface area (Å²) in [5, 5.41) is 7.27. The second-order valence-electron chi connectivity index (χ2n) is 33.6. The zero-order chi connectivity index (χ0) is 89.8. The molecule has 24 aromatic rings. The number of anilines is 18. The minimum absolute atomic E-state index is 0.843. The molecule has 0 saturated heterocycles. The van der Waals surface area contributed by atoms with Gasteiger partial charge >= 0.3 is 0 Å². The van der Waals surface area contributed by atoms with Crippen molar-refractivity contribution in [1.82, 2.24) is 0 Å². The van der Waals surface area contributed by atoms with Gasteiger partial charge in [0, 0.05) is 148 Å². The van der Waals surface area contributed by atoms with E-state index in [1.807, 2.05) is 28.7 Å². The van der Waals surface area contributed by atoms with Crippen LogP contribution in [-0.4, -0.2) is 0 Å². The number of furan rings is 1. The Hall–Kier alpha value is -17.3. The summed E-state index contributed by atoms with van der Waals surface area (Å²) in [5.41, 5.74) is 30.7. The van der Waals surface area contributed by atoms with E-state index in [4.69, 9.17) is 4.42 Å². The van der Waals surface area contributed by atoms with Gasteiger partial charge in [-0.25, -0.2) is 0 Å². The summed E-state index contributed by atoms with van der Waals surface area (Å²) in [5.74, 6) is 0. The Morgan fingerprint density at radius 3 is 0.756 bits per heavy atom. The Morgan fingerprint density at radius 1 is 0.133 bits per heavy atom. The molecular weight excluding hydrogens is 1680 g/mol. The summed E-state index contributed by atoms with van der Waals surface area (Å²) < 4.78 is 11.9. The highest BCUT2D eigenvalue weighted by Gasteiger charge is 2.25. The fourth-order valence-corrected chi connectivity index (χ4v) is 21.0. The molecule has 135 heavy (non-hydrogen) atoms. The van der Waals surface area contributed by atoms with Gasteiger partial charge in [0.15, 0.2) is 5.58 Å². The highest BCUT2D eigenvalue weighted by Crippen LogP contribution is 2.50. The molecule has 0 aliphatic carbocycles. The van der Waals surface area contributed by atoms with Crippen LogP contribution in [0.25, 0.3) is 107 Å². The number of hydrogen-bond donors (Lipinski definition) is 0. The average molecular weight is 1770 g/mol. The molecule has 0 radical (unpaired) electrons. The number of hydrogen-bond acceptors (Lipinski definition) is 9. The molecule has 3 heterocycles. The van der Waals surface area contributed by atoms with Crippen LogP contribution >= 0.6 is 22.7 Å². The van der Waals surface area contributed by atoms with Gasteiger partial charge in [0.2, 0.25) is 0 Å². The Labute approximate surface area is 793 Å². The Balaban J connectivity index is 0.000000153. The van der Waals surface area contributed by atoms with Crippen molar-refractivity contribution in [2.75, 3.05) is 29.4 Å². The van der Waals surface area contributed by atoms with E-state index >= 15 is 0 Å². The maximum absolute atomic E-state index is 6.75. The molecule has 0 atom stereocenters. The van der Waals surface area contributed by atoms with E-state index in [1.54, 1.807) is 0 Å². The van der Waals surface area contributed by atoms with Gasteiger partial charge in [0.1, 0.15) is 5.58 Å². The largest absolute Gasteiger partial charge is 0.454 e. The zero-order valence-corrected chi connectivity index (χ0v) is 75.3. The highest BCUT2D eigenvalue weighted by molar-refractivity contribution is 7.26. The summed E-state index contributed by atoms with van der Waals surface area (Å²) in [4.78, 5) is 13.9. The molecule has 7 nitrogen and oxygen atoms in total. The fourth-order valence-electron chi connectivity index (χ4n) is 18.8. The summed E-state index contributed by atoms with van der Waals surface area (Å²) in [6.45, 7) is 0. The van der Waals surface area contributed by atoms with E-state index in [0.29, 0.717) is 0 Å². The Kier molecular flexibility index (Phi) is 22.4. The first-order valence-corrected chi connectivity index (χ1v) is 47.3. The van der Waals surface area contributed by atoms with Crippen molar-refractivity contribution in [3.8, 4) is 44.5 Å². The van der Waals surface area contributed by atoms with Gasteiger partial charge in [-0.2, -0.15) is 0 Å². The molecule has 9 heteroatoms. The molecule has 0 bridgehead atoms. The van der Waals surface area contributed by atoms with Gasteiger partial charge in [-0.1, -0.05) is 285 Å². The van der Waals surface area contributed by atoms with Crippen LogP contribution < -0.4 is 29.4 Å². The van der Waals surface area contributed by atoms with Gasteiger partial charge in [0.05, 0.1) is 5.69 Å². The molecule has 0 N–H and O–H groups in total. The number of nitrogens with zero attached hydrogens (tertiary/aromatic N) is 6. The lowest BCUT2D eigenvalue weighted by atomic mass is 9.99. The first-order valence-electron chi connectivity index (χ1n) is 45.6. The van der Waals surface area contributed by atoms with Crippen LogP contribution in [0.1, 0.15) is 0 Å². The molecule has 21 aromatic carbocycles. The van der Waals surface area contributed by atoms with Gasteiger partial charge in [0.25, 0.3) is 0 Å². The molecule has 0 fully saturated rings. The molecule has 24 rings (SSSR count). The van der Waals surface area contributed by atoms with E-state index in [-0.39, 0.29) is 0 Å². The van der Waals surface area contributed by atoms with Gasteiger partial charge in [-0.15, -0.1) is 22.7 Å². The summed E-state index contributed by atoms with van der Waals surface area (Å²) >= 11 is 3.71. The van der Waals surface area contributed by atoms with Gasteiger partial charge in [-0.05, 0) is 293 Å². The summed E-state index contributed by atoms with van der Waals surface area (Å²) in [7, 11) is 0. The van der Waals surface area contributed by atoms with Gasteiger partial charge < -0.3 is 33.8 Å². The second-order valence-corrected chi connectivity index (χ2v) is 35.7. The fraction of sp³-hybridized carbons (Fsp3) is 0. The van der Waals surface area contributed by atoms with Crippen LogP contribution in [0.5, 0.6) is 0 Å². The third-order valence-corrected chi connectivity index (χ3v) is 27.5. The number of fused-ring (bicyclic) bond motifs is 9. The smallest absolute Gasteiger partial charge is 0.159 e. The van der Waals surface area contributed by atoms with Crippen LogP contribution in [-0.2, 0) is 0 Å². The third kappa shape index (κ3) is 16.6. The van der Waals surface area contributed by atoms with Crippen molar-refractivity contribution in [3.05, 3.63) is 534 Å². The third-order valence-electron chi connectivity index (χ3n) is 25.2. The molecule has 0 aliphatic rings. The van der Waals surface area contributed by atoms with Crippen LogP contribution in [0.2, 0.25) is 0 Å². The lowest BCUT2D eigenvalue weighted by Crippen LogP contribution is -2.13. The standard InChI is InChI=1S/C66H45N3OS.C60H43N3S/c1-5-21-50(22-6-1)67(51-23-7-2-8-24-51)54-29-15-19-46(41-54)48-38-40-64-61(43-48)59-39-37-49(44-65(59)71-64)47-20-16-30-55(42-47)69(62-35-18-34-60-58-33-13-14-36-63(58)70-66(60)62)57-32-17-31-56(45-57)68(52-25-9-3-10-26-52)53-27-11-4-12-28-53;1-6-17-48(18-7-1)61(49-19-8-2-9-20-49)53-35-29-44(30-36-53)46-33-39-59-57(41-46)58-42-47(34-40-60(58)64-59)45-31-37-54(38-32-45)63(52-25-14-5-15-26-52)56-28-16-27-55(43-56)62(50-21-10-3-11-22-50)51-23-12-4-13-24-51/h1-45H;1-43H. The van der Waals surface area contributed by atoms with Crippen molar-refractivity contribution in [2.45, 2.75) is 0 Å². The van der Waals surface area contributed by atoms with Crippen molar-refractivity contribution in [3.63, 3.8) is 0 Å². The van der Waals surface area contributed by atoms with Crippen molar-refractivity contribution < 1.29 is 4.42 Å². The van der Waals surface area contributed by atoms with Crippen molar-refractivity contribution >= 4 is 187 Å². The van der Waals surface area contributed by atoms with Crippen LogP contribution in [0, 0.1) is 0 Å². The number of benzene rings is 21. The van der Waals surface area contributed by atoms with E-state index in [9.17, 15) is 0 Å². The quantitative estimate of drug-likeness (QED) is 0.0669. The Morgan fingerprint density at radius 2 is 0.378 bits per heavy atom. The molecular formula is C126H88N6OS2. The first-order chi connectivity index (χ1) is 66.9. The van der Waals surface area contributed by atoms with E-state index < -0.39 is 0 Å². The molecule has 0 amide bonds. The van der Waals surface area contributed by atoms with Crippen molar-refractivity contribution in [1.29, 1.82) is 0 Å². The number of thiophene rings is 2. The van der Waals surface area contributed by atoms with Crippen LogP contribution in [0.15, 0.2) is 538 Å². The normalized spacial score (nSPS) is 11.3. The number of rotatable bonds is 22.